The molecule has 37 heavy (non-hydrogen) atoms. The zero-order chi connectivity index (χ0) is 27.2. The van der Waals surface area contributed by atoms with Gasteiger partial charge in [-0.2, -0.15) is 0 Å². The maximum absolute atomic E-state index is 13.4. The van der Waals surface area contributed by atoms with Crippen molar-refractivity contribution in [2.75, 3.05) is 27.4 Å². The molecule has 0 aromatic heterocycles. The third-order valence-electron chi connectivity index (χ3n) is 7.89. The van der Waals surface area contributed by atoms with Gasteiger partial charge < -0.3 is 23.5 Å². The van der Waals surface area contributed by atoms with Gasteiger partial charge in [0.15, 0.2) is 19.8 Å². The number of fused-ring (bicyclic) bond motifs is 1. The molecule has 0 bridgehead atoms. The van der Waals surface area contributed by atoms with Gasteiger partial charge in [-0.05, 0) is 58.3 Å². The first-order valence-electron chi connectivity index (χ1n) is 13.5. The summed E-state index contributed by atoms with van der Waals surface area (Å²) in [4.78, 5) is 15.2. The highest BCUT2D eigenvalue weighted by Crippen LogP contribution is 2.44. The van der Waals surface area contributed by atoms with Crippen molar-refractivity contribution < 1.29 is 23.4 Å². The SMILES string of the molecule is COc1cc2c(cc1OC)[C@@H](CCO[Si](C(C)C)(C(C)C)C(C)C)N(C(=O)OCc1ccccc1)CC2. The van der Waals surface area contributed by atoms with Crippen molar-refractivity contribution in [3.8, 4) is 11.5 Å². The van der Waals surface area contributed by atoms with Crippen LogP contribution in [0.2, 0.25) is 16.6 Å². The maximum Gasteiger partial charge on any atom is 0.410 e. The number of amides is 1. The molecule has 6 nitrogen and oxygen atoms in total. The van der Waals surface area contributed by atoms with E-state index in [4.69, 9.17) is 18.6 Å². The van der Waals surface area contributed by atoms with Gasteiger partial charge in [0.05, 0.1) is 20.3 Å². The Morgan fingerprint density at radius 1 is 0.946 bits per heavy atom. The van der Waals surface area contributed by atoms with E-state index < -0.39 is 8.32 Å². The van der Waals surface area contributed by atoms with Gasteiger partial charge in [0.2, 0.25) is 0 Å². The molecule has 0 radical (unpaired) electrons. The summed E-state index contributed by atoms with van der Waals surface area (Å²) in [6.07, 6.45) is 1.13. The fraction of sp³-hybridized carbons (Fsp3) is 0.567. The molecule has 0 N–H and O–H groups in total. The van der Waals surface area contributed by atoms with Crippen LogP contribution in [0.5, 0.6) is 11.5 Å². The van der Waals surface area contributed by atoms with E-state index in [0.717, 1.165) is 17.5 Å². The number of nitrogens with zero attached hydrogens (tertiary/aromatic N) is 1. The Labute approximate surface area is 224 Å². The molecule has 2 aromatic carbocycles. The van der Waals surface area contributed by atoms with Crippen LogP contribution < -0.4 is 9.47 Å². The van der Waals surface area contributed by atoms with Gasteiger partial charge in [0.1, 0.15) is 6.61 Å². The Hall–Kier alpha value is -2.51. The summed E-state index contributed by atoms with van der Waals surface area (Å²) in [6, 6.07) is 13.7. The van der Waals surface area contributed by atoms with Crippen molar-refractivity contribution in [2.45, 2.75) is 83.7 Å². The number of ether oxygens (including phenoxy) is 3. The van der Waals surface area contributed by atoms with Crippen LogP contribution in [0.25, 0.3) is 0 Å². The summed E-state index contributed by atoms with van der Waals surface area (Å²) >= 11 is 0. The topological polar surface area (TPSA) is 57.2 Å². The largest absolute Gasteiger partial charge is 0.493 e. The van der Waals surface area contributed by atoms with Crippen molar-refractivity contribution in [3.05, 3.63) is 59.2 Å². The first-order chi connectivity index (χ1) is 17.6. The minimum Gasteiger partial charge on any atom is -0.493 e. The van der Waals surface area contributed by atoms with Crippen LogP contribution in [-0.2, 0) is 22.2 Å². The fourth-order valence-electron chi connectivity index (χ4n) is 6.21. The average Bonchev–Trinajstić information content (AvgIpc) is 2.88. The lowest BCUT2D eigenvalue weighted by Gasteiger charge is -2.43. The molecular formula is C30H45NO5Si. The molecule has 0 aliphatic carbocycles. The number of rotatable bonds is 11. The Kier molecular flexibility index (Phi) is 10.1. The van der Waals surface area contributed by atoms with E-state index >= 15 is 0 Å². The number of carbonyl (C=O) groups is 1. The molecule has 0 saturated heterocycles. The van der Waals surface area contributed by atoms with Gasteiger partial charge >= 0.3 is 6.09 Å². The van der Waals surface area contributed by atoms with Crippen LogP contribution in [0.1, 0.15) is 70.7 Å². The summed E-state index contributed by atoms with van der Waals surface area (Å²) in [5.74, 6) is 1.38. The van der Waals surface area contributed by atoms with Gasteiger partial charge in [-0.25, -0.2) is 4.79 Å². The minimum atomic E-state index is -2.02. The Morgan fingerprint density at radius 3 is 2.11 bits per heavy atom. The Bertz CT molecular complexity index is 1000. The van der Waals surface area contributed by atoms with Crippen molar-refractivity contribution in [1.82, 2.24) is 4.90 Å². The lowest BCUT2D eigenvalue weighted by atomic mass is 9.90. The van der Waals surface area contributed by atoms with Crippen LogP contribution in [0.3, 0.4) is 0 Å². The molecule has 7 heteroatoms. The summed E-state index contributed by atoms with van der Waals surface area (Å²) in [5.41, 5.74) is 4.73. The minimum absolute atomic E-state index is 0.162. The number of hydrogen-bond acceptors (Lipinski definition) is 5. The van der Waals surface area contributed by atoms with Crippen molar-refractivity contribution >= 4 is 14.4 Å². The van der Waals surface area contributed by atoms with E-state index in [2.05, 4.69) is 41.5 Å². The normalized spacial score (nSPS) is 15.8. The second kappa shape index (κ2) is 12.8. The molecule has 1 amide bonds. The quantitative estimate of drug-likeness (QED) is 0.283. The standard InChI is InChI=1S/C30H45NO5Si/c1-21(2)37(22(3)4,23(5)6)36-17-15-27-26-19-29(34-8)28(33-7)18-25(26)14-16-31(27)30(32)35-20-24-12-10-9-11-13-24/h9-13,18-19,21-23,27H,14-17,20H2,1-8H3/t27-/m1/s1. The van der Waals surface area contributed by atoms with E-state index in [1.54, 1.807) is 14.2 Å². The number of benzene rings is 2. The molecule has 3 rings (SSSR count). The Morgan fingerprint density at radius 2 is 1.54 bits per heavy atom. The average molecular weight is 528 g/mol. The van der Waals surface area contributed by atoms with E-state index in [9.17, 15) is 4.79 Å². The van der Waals surface area contributed by atoms with Crippen LogP contribution in [-0.4, -0.2) is 46.7 Å². The molecule has 0 fully saturated rings. The molecular weight excluding hydrogens is 482 g/mol. The zero-order valence-corrected chi connectivity index (χ0v) is 24.9. The third-order valence-corrected chi connectivity index (χ3v) is 14.0. The first kappa shape index (κ1) is 29.0. The predicted molar refractivity (Wildman–Crippen MR) is 151 cm³/mol. The van der Waals surface area contributed by atoms with Crippen molar-refractivity contribution in [3.63, 3.8) is 0 Å². The molecule has 1 heterocycles. The Balaban J connectivity index is 1.88. The van der Waals surface area contributed by atoms with Crippen LogP contribution in [0.15, 0.2) is 42.5 Å². The van der Waals surface area contributed by atoms with E-state index in [1.165, 1.54) is 5.56 Å². The number of methoxy groups -OCH3 is 2. The molecule has 204 valence electrons. The second-order valence-electron chi connectivity index (χ2n) is 10.9. The van der Waals surface area contributed by atoms with E-state index in [-0.39, 0.29) is 18.7 Å². The summed E-state index contributed by atoms with van der Waals surface area (Å²) in [7, 11) is 1.27. The molecule has 0 saturated carbocycles. The van der Waals surface area contributed by atoms with Gasteiger partial charge in [-0.15, -0.1) is 0 Å². The third kappa shape index (κ3) is 6.32. The second-order valence-corrected chi connectivity index (χ2v) is 16.3. The fourth-order valence-corrected chi connectivity index (χ4v) is 11.7. The van der Waals surface area contributed by atoms with Crippen LogP contribution in [0.4, 0.5) is 4.79 Å². The van der Waals surface area contributed by atoms with E-state index in [0.29, 0.717) is 47.7 Å². The van der Waals surface area contributed by atoms with Crippen molar-refractivity contribution in [2.24, 2.45) is 0 Å². The van der Waals surface area contributed by atoms with Gasteiger partial charge in [-0.1, -0.05) is 71.9 Å². The number of hydrogen-bond donors (Lipinski definition) is 0. The monoisotopic (exact) mass is 527 g/mol. The highest BCUT2D eigenvalue weighted by atomic mass is 28.4. The molecule has 0 spiro atoms. The van der Waals surface area contributed by atoms with E-state index in [1.807, 2.05) is 47.4 Å². The zero-order valence-electron chi connectivity index (χ0n) is 23.9. The molecule has 1 aliphatic heterocycles. The number of carbonyl (C=O) groups excluding carboxylic acids is 1. The van der Waals surface area contributed by atoms with Gasteiger partial charge in [0.25, 0.3) is 0 Å². The molecule has 0 unspecified atom stereocenters. The summed E-state index contributed by atoms with van der Waals surface area (Å²) < 4.78 is 23.8. The first-order valence-corrected chi connectivity index (χ1v) is 15.7. The predicted octanol–water partition coefficient (Wildman–Crippen LogP) is 7.52. The highest BCUT2D eigenvalue weighted by molar-refractivity contribution is 6.77. The lowest BCUT2D eigenvalue weighted by molar-refractivity contribution is 0.0707. The lowest BCUT2D eigenvalue weighted by Crippen LogP contribution is -2.48. The van der Waals surface area contributed by atoms with Crippen LogP contribution in [0, 0.1) is 0 Å². The maximum atomic E-state index is 13.4. The summed E-state index contributed by atoms with van der Waals surface area (Å²) in [5, 5.41) is 0. The molecule has 1 atom stereocenters. The van der Waals surface area contributed by atoms with Crippen molar-refractivity contribution in [1.29, 1.82) is 0 Å². The molecule has 1 aliphatic rings. The smallest absolute Gasteiger partial charge is 0.410 e. The van der Waals surface area contributed by atoms with Gasteiger partial charge in [0, 0.05) is 13.2 Å². The van der Waals surface area contributed by atoms with Crippen LogP contribution >= 0.6 is 0 Å². The van der Waals surface area contributed by atoms with Gasteiger partial charge in [-0.3, -0.25) is 0 Å². The highest BCUT2D eigenvalue weighted by Gasteiger charge is 2.45. The summed E-state index contributed by atoms with van der Waals surface area (Å²) in [6.45, 7) is 15.2. The molecule has 2 aromatic rings.